The molecule has 5 nitrogen and oxygen atoms in total. The van der Waals surface area contributed by atoms with Crippen molar-refractivity contribution >= 4 is 17.7 Å². The number of hydrogen-bond donors (Lipinski definition) is 1. The van der Waals surface area contributed by atoms with E-state index in [1.165, 1.54) is 0 Å². The first kappa shape index (κ1) is 10.5. The van der Waals surface area contributed by atoms with E-state index in [1.807, 2.05) is 18.2 Å². The first-order valence-electron chi connectivity index (χ1n) is 4.92. The molecule has 1 heterocycles. The first-order valence-corrected chi connectivity index (χ1v) is 4.92. The number of cyclic esters (lactones) is 1. The summed E-state index contributed by atoms with van der Waals surface area (Å²) in [5, 5.41) is 2.56. The summed E-state index contributed by atoms with van der Waals surface area (Å²) in [6.45, 7) is 0.102. The highest BCUT2D eigenvalue weighted by Gasteiger charge is 2.29. The Balaban J connectivity index is 1.71. The number of nitrogens with one attached hydrogen (secondary N) is 1. The van der Waals surface area contributed by atoms with E-state index in [4.69, 9.17) is 9.47 Å². The second kappa shape index (κ2) is 4.65. The predicted octanol–water partition coefficient (Wildman–Crippen LogP) is 1.55. The smallest absolute Gasteiger partial charge is 0.411 e. The highest BCUT2D eigenvalue weighted by molar-refractivity contribution is 5.84. The lowest BCUT2D eigenvalue weighted by atomic mass is 10.2. The van der Waals surface area contributed by atoms with Gasteiger partial charge in [0.25, 0.3) is 0 Å². The SMILES string of the molecule is O=C1CC(COC(=O)Nc2ccccc2)O1. The minimum Gasteiger partial charge on any atom is -0.458 e. The Labute approximate surface area is 92.4 Å². The fraction of sp³-hybridized carbons (Fsp3) is 0.273. The number of carbonyl (C=O) groups excluding carboxylic acids is 2. The third-order valence-electron chi connectivity index (χ3n) is 2.11. The van der Waals surface area contributed by atoms with Crippen LogP contribution in [-0.2, 0) is 14.3 Å². The Morgan fingerprint density at radius 1 is 1.44 bits per heavy atom. The van der Waals surface area contributed by atoms with Gasteiger partial charge >= 0.3 is 12.1 Å². The van der Waals surface area contributed by atoms with Gasteiger partial charge in [0, 0.05) is 5.69 Å². The maximum absolute atomic E-state index is 11.3. The average molecular weight is 221 g/mol. The van der Waals surface area contributed by atoms with E-state index in [0.29, 0.717) is 12.1 Å². The Morgan fingerprint density at radius 3 is 2.75 bits per heavy atom. The van der Waals surface area contributed by atoms with E-state index in [2.05, 4.69) is 5.32 Å². The van der Waals surface area contributed by atoms with Gasteiger partial charge in [-0.15, -0.1) is 0 Å². The number of hydrogen-bond acceptors (Lipinski definition) is 4. The third kappa shape index (κ3) is 2.73. The highest BCUT2D eigenvalue weighted by atomic mass is 16.6. The molecule has 16 heavy (non-hydrogen) atoms. The van der Waals surface area contributed by atoms with Crippen LogP contribution < -0.4 is 5.32 Å². The van der Waals surface area contributed by atoms with Gasteiger partial charge in [0.15, 0.2) is 0 Å². The second-order valence-electron chi connectivity index (χ2n) is 3.41. The van der Waals surface area contributed by atoms with Crippen LogP contribution >= 0.6 is 0 Å². The average Bonchev–Trinajstić information content (AvgIpc) is 2.24. The number of ether oxygens (including phenoxy) is 2. The van der Waals surface area contributed by atoms with Gasteiger partial charge in [-0.05, 0) is 12.1 Å². The van der Waals surface area contributed by atoms with Crippen LogP contribution in [0.25, 0.3) is 0 Å². The topological polar surface area (TPSA) is 64.6 Å². The highest BCUT2D eigenvalue weighted by Crippen LogP contribution is 2.13. The summed E-state index contributed by atoms with van der Waals surface area (Å²) in [6.07, 6.45) is -0.512. The van der Waals surface area contributed by atoms with E-state index in [9.17, 15) is 9.59 Å². The Kier molecular flexibility index (Phi) is 3.05. The van der Waals surface area contributed by atoms with Crippen LogP contribution in [0.3, 0.4) is 0 Å². The molecule has 1 aliphatic heterocycles. The quantitative estimate of drug-likeness (QED) is 0.786. The molecule has 0 spiro atoms. The molecule has 0 radical (unpaired) electrons. The molecule has 1 unspecified atom stereocenters. The van der Waals surface area contributed by atoms with E-state index in [1.54, 1.807) is 12.1 Å². The number of anilines is 1. The minimum absolute atomic E-state index is 0.102. The van der Waals surface area contributed by atoms with Crippen LogP contribution in [0.2, 0.25) is 0 Å². The van der Waals surface area contributed by atoms with Crippen LogP contribution in [0.1, 0.15) is 6.42 Å². The molecule has 0 aromatic heterocycles. The third-order valence-corrected chi connectivity index (χ3v) is 2.11. The van der Waals surface area contributed by atoms with Crippen LogP contribution in [-0.4, -0.2) is 24.8 Å². The van der Waals surface area contributed by atoms with E-state index < -0.39 is 6.09 Å². The maximum atomic E-state index is 11.3. The largest absolute Gasteiger partial charge is 0.458 e. The van der Waals surface area contributed by atoms with E-state index in [-0.39, 0.29) is 18.7 Å². The normalized spacial score (nSPS) is 18.2. The van der Waals surface area contributed by atoms with Crippen LogP contribution in [0.4, 0.5) is 10.5 Å². The summed E-state index contributed by atoms with van der Waals surface area (Å²) in [5.41, 5.74) is 0.665. The van der Waals surface area contributed by atoms with Crippen molar-refractivity contribution in [1.29, 1.82) is 0 Å². The van der Waals surface area contributed by atoms with Gasteiger partial charge in [-0.3, -0.25) is 10.1 Å². The first-order chi connectivity index (χ1) is 7.74. The monoisotopic (exact) mass is 221 g/mol. The lowest BCUT2D eigenvalue weighted by Gasteiger charge is -2.24. The number of benzene rings is 1. The standard InChI is InChI=1S/C11H11NO4/c13-10-6-9(16-10)7-15-11(14)12-8-4-2-1-3-5-8/h1-5,9H,6-7H2,(H,12,14). The molecular formula is C11H11NO4. The van der Waals surface area contributed by atoms with Crippen LogP contribution in [0.15, 0.2) is 30.3 Å². The van der Waals surface area contributed by atoms with Crippen molar-refractivity contribution in [2.24, 2.45) is 0 Å². The van der Waals surface area contributed by atoms with Crippen molar-refractivity contribution < 1.29 is 19.1 Å². The number of rotatable bonds is 3. The summed E-state index contributed by atoms with van der Waals surface area (Å²) in [6, 6.07) is 8.98. The Bertz CT molecular complexity index is 382. The van der Waals surface area contributed by atoms with Gasteiger partial charge in [0.2, 0.25) is 0 Å². The van der Waals surface area contributed by atoms with Gasteiger partial charge in [0.05, 0.1) is 6.42 Å². The molecule has 1 atom stereocenters. The van der Waals surface area contributed by atoms with Gasteiger partial charge in [-0.2, -0.15) is 0 Å². The number of para-hydroxylation sites is 1. The van der Waals surface area contributed by atoms with E-state index >= 15 is 0 Å². The molecule has 84 valence electrons. The van der Waals surface area contributed by atoms with Crippen molar-refractivity contribution in [2.75, 3.05) is 11.9 Å². The van der Waals surface area contributed by atoms with Crippen molar-refractivity contribution in [3.63, 3.8) is 0 Å². The molecule has 0 bridgehead atoms. The Morgan fingerprint density at radius 2 is 2.12 bits per heavy atom. The van der Waals surface area contributed by atoms with Crippen molar-refractivity contribution in [2.45, 2.75) is 12.5 Å². The lowest BCUT2D eigenvalue weighted by Crippen LogP contribution is -2.37. The summed E-state index contributed by atoms with van der Waals surface area (Å²) in [4.78, 5) is 21.7. The molecular weight excluding hydrogens is 210 g/mol. The van der Waals surface area contributed by atoms with E-state index in [0.717, 1.165) is 0 Å². The molecule has 1 saturated heterocycles. The zero-order chi connectivity index (χ0) is 11.4. The molecule has 1 fully saturated rings. The van der Waals surface area contributed by atoms with Gasteiger partial charge in [-0.25, -0.2) is 4.79 Å². The summed E-state index contributed by atoms with van der Waals surface area (Å²) in [5.74, 6) is -0.253. The molecule has 1 aliphatic rings. The molecule has 2 rings (SSSR count). The van der Waals surface area contributed by atoms with Gasteiger partial charge in [-0.1, -0.05) is 18.2 Å². The molecule has 0 aliphatic carbocycles. The zero-order valence-corrected chi connectivity index (χ0v) is 8.51. The summed E-state index contributed by atoms with van der Waals surface area (Å²) < 4.78 is 9.57. The van der Waals surface area contributed by atoms with Crippen LogP contribution in [0.5, 0.6) is 0 Å². The fourth-order valence-electron chi connectivity index (χ4n) is 1.30. The zero-order valence-electron chi connectivity index (χ0n) is 8.51. The molecule has 1 aromatic carbocycles. The van der Waals surface area contributed by atoms with Gasteiger partial charge in [0.1, 0.15) is 12.7 Å². The number of carbonyl (C=O) groups is 2. The summed E-state index contributed by atoms with van der Waals surface area (Å²) in [7, 11) is 0. The van der Waals surface area contributed by atoms with Crippen molar-refractivity contribution in [1.82, 2.24) is 0 Å². The molecule has 1 amide bonds. The fourth-order valence-corrected chi connectivity index (χ4v) is 1.30. The van der Waals surface area contributed by atoms with Crippen molar-refractivity contribution in [3.8, 4) is 0 Å². The minimum atomic E-state index is -0.547. The number of esters is 1. The maximum Gasteiger partial charge on any atom is 0.411 e. The number of amides is 1. The Hall–Kier alpha value is -2.04. The summed E-state index contributed by atoms with van der Waals surface area (Å²) >= 11 is 0. The molecule has 0 saturated carbocycles. The lowest BCUT2D eigenvalue weighted by molar-refractivity contribution is -0.172. The molecule has 1 N–H and O–H groups in total. The molecule has 5 heteroatoms. The second-order valence-corrected chi connectivity index (χ2v) is 3.41. The predicted molar refractivity (Wildman–Crippen MR) is 55.9 cm³/mol. The van der Waals surface area contributed by atoms with Crippen LogP contribution in [0, 0.1) is 0 Å². The molecule has 1 aromatic rings. The van der Waals surface area contributed by atoms with Gasteiger partial charge < -0.3 is 9.47 Å². The van der Waals surface area contributed by atoms with Crippen molar-refractivity contribution in [3.05, 3.63) is 30.3 Å².